The summed E-state index contributed by atoms with van der Waals surface area (Å²) in [7, 11) is 0. The molecule has 0 spiro atoms. The monoisotopic (exact) mass is 475 g/mol. The van der Waals surface area contributed by atoms with Gasteiger partial charge in [0, 0.05) is 10.6 Å². The Hall–Kier alpha value is -3.57. The van der Waals surface area contributed by atoms with E-state index in [1.165, 1.54) is 5.56 Å². The number of hydrogen-bond donors (Lipinski definition) is 0. The molecular formula is C28H26ClNO4. The second-order valence-corrected chi connectivity index (χ2v) is 8.60. The van der Waals surface area contributed by atoms with Gasteiger partial charge in [-0.25, -0.2) is 9.79 Å². The summed E-state index contributed by atoms with van der Waals surface area (Å²) in [4.78, 5) is 16.8. The minimum Gasteiger partial charge on any atom is -0.490 e. The molecule has 0 amide bonds. The van der Waals surface area contributed by atoms with E-state index in [-0.39, 0.29) is 5.70 Å². The minimum absolute atomic E-state index is 0.236. The van der Waals surface area contributed by atoms with Crippen LogP contribution in [0.2, 0.25) is 5.02 Å². The Morgan fingerprint density at radius 2 is 1.71 bits per heavy atom. The summed E-state index contributed by atoms with van der Waals surface area (Å²) in [6, 6.07) is 20.9. The fraction of sp³-hybridized carbons (Fsp3) is 0.214. The third kappa shape index (κ3) is 5.67. The molecule has 0 unspecified atom stereocenters. The second kappa shape index (κ2) is 10.6. The van der Waals surface area contributed by atoms with Crippen LogP contribution in [0.4, 0.5) is 0 Å². The molecule has 34 heavy (non-hydrogen) atoms. The number of nitrogens with zero attached hydrogens (tertiary/aromatic N) is 1. The van der Waals surface area contributed by atoms with Crippen molar-refractivity contribution in [1.29, 1.82) is 0 Å². The molecular weight excluding hydrogens is 450 g/mol. The van der Waals surface area contributed by atoms with E-state index in [0.29, 0.717) is 41.6 Å². The zero-order chi connectivity index (χ0) is 24.1. The number of hydrogen-bond acceptors (Lipinski definition) is 5. The summed E-state index contributed by atoms with van der Waals surface area (Å²) >= 11 is 5.95. The largest absolute Gasteiger partial charge is 0.490 e. The first kappa shape index (κ1) is 23.6. The van der Waals surface area contributed by atoms with E-state index >= 15 is 0 Å². The first-order chi connectivity index (χ1) is 16.4. The van der Waals surface area contributed by atoms with E-state index < -0.39 is 5.97 Å². The van der Waals surface area contributed by atoms with E-state index in [1.807, 2.05) is 73.7 Å². The van der Waals surface area contributed by atoms with Crippen LogP contribution in [0.5, 0.6) is 11.5 Å². The highest BCUT2D eigenvalue weighted by Gasteiger charge is 2.24. The van der Waals surface area contributed by atoms with Gasteiger partial charge in [-0.1, -0.05) is 55.8 Å². The zero-order valence-corrected chi connectivity index (χ0v) is 20.1. The summed E-state index contributed by atoms with van der Waals surface area (Å²) in [6.07, 6.45) is 1.68. The van der Waals surface area contributed by atoms with E-state index in [2.05, 4.69) is 18.8 Å². The fourth-order valence-electron chi connectivity index (χ4n) is 3.44. The molecule has 4 rings (SSSR count). The van der Waals surface area contributed by atoms with E-state index in [4.69, 9.17) is 25.8 Å². The molecule has 1 heterocycles. The molecule has 174 valence electrons. The molecule has 0 fully saturated rings. The van der Waals surface area contributed by atoms with Crippen molar-refractivity contribution in [3.63, 3.8) is 0 Å². The van der Waals surface area contributed by atoms with Crippen LogP contribution in [-0.4, -0.2) is 18.5 Å². The van der Waals surface area contributed by atoms with Gasteiger partial charge >= 0.3 is 5.97 Å². The SMILES string of the molecule is CCOc1cc(/C=C2\N=C(c3ccc(C(C)C)cc3)OC2=O)ccc1OCc1ccc(Cl)cc1. The smallest absolute Gasteiger partial charge is 0.363 e. The van der Waals surface area contributed by atoms with Gasteiger partial charge in [-0.3, -0.25) is 0 Å². The molecule has 1 aliphatic rings. The van der Waals surface area contributed by atoms with Crippen molar-refractivity contribution in [1.82, 2.24) is 0 Å². The van der Waals surface area contributed by atoms with Crippen LogP contribution in [0.15, 0.2) is 77.4 Å². The van der Waals surface area contributed by atoms with Crippen LogP contribution in [-0.2, 0) is 16.1 Å². The Morgan fingerprint density at radius 3 is 2.38 bits per heavy atom. The van der Waals surface area contributed by atoms with Gasteiger partial charge in [0.25, 0.3) is 0 Å². The standard InChI is InChI=1S/C28H26ClNO4/c1-4-32-26-16-20(7-14-25(26)33-17-19-5-12-23(29)13-6-19)15-24-28(31)34-27(30-24)22-10-8-21(9-11-22)18(2)3/h5-16,18H,4,17H2,1-3H3/b24-15-. The molecule has 0 saturated heterocycles. The van der Waals surface area contributed by atoms with Crippen LogP contribution < -0.4 is 9.47 Å². The Labute approximate surface area is 204 Å². The number of rotatable bonds is 8. The van der Waals surface area contributed by atoms with Crippen LogP contribution >= 0.6 is 11.6 Å². The number of ether oxygens (including phenoxy) is 3. The van der Waals surface area contributed by atoms with Crippen molar-refractivity contribution in [3.05, 3.63) is 99.7 Å². The van der Waals surface area contributed by atoms with E-state index in [0.717, 1.165) is 16.7 Å². The van der Waals surface area contributed by atoms with Gasteiger partial charge in [-0.2, -0.15) is 0 Å². The maximum absolute atomic E-state index is 12.4. The third-order valence-electron chi connectivity index (χ3n) is 5.32. The van der Waals surface area contributed by atoms with Crippen molar-refractivity contribution in [2.24, 2.45) is 4.99 Å². The summed E-state index contributed by atoms with van der Waals surface area (Å²) < 4.78 is 17.1. The third-order valence-corrected chi connectivity index (χ3v) is 5.58. The molecule has 0 aromatic heterocycles. The molecule has 0 N–H and O–H groups in total. The van der Waals surface area contributed by atoms with Crippen LogP contribution in [0.3, 0.4) is 0 Å². The fourth-order valence-corrected chi connectivity index (χ4v) is 3.57. The predicted octanol–water partition coefficient (Wildman–Crippen LogP) is 6.79. The maximum Gasteiger partial charge on any atom is 0.363 e. The second-order valence-electron chi connectivity index (χ2n) is 8.17. The number of benzene rings is 3. The Morgan fingerprint density at radius 1 is 0.971 bits per heavy atom. The molecule has 1 aliphatic heterocycles. The molecule has 5 nitrogen and oxygen atoms in total. The highest BCUT2D eigenvalue weighted by atomic mass is 35.5. The van der Waals surface area contributed by atoms with E-state index in [9.17, 15) is 4.79 Å². The Bertz CT molecular complexity index is 1230. The first-order valence-corrected chi connectivity index (χ1v) is 11.6. The van der Waals surface area contributed by atoms with E-state index in [1.54, 1.807) is 6.08 Å². The summed E-state index contributed by atoms with van der Waals surface area (Å²) in [5.41, 5.74) is 3.97. The Kier molecular flexibility index (Phi) is 7.33. The van der Waals surface area contributed by atoms with Crippen LogP contribution in [0, 0.1) is 0 Å². The number of cyclic esters (lactones) is 1. The average Bonchev–Trinajstić information content (AvgIpc) is 3.20. The molecule has 0 radical (unpaired) electrons. The van der Waals surface area contributed by atoms with Crippen molar-refractivity contribution in [2.75, 3.05) is 6.61 Å². The van der Waals surface area contributed by atoms with Crippen LogP contribution in [0.25, 0.3) is 6.08 Å². The number of aliphatic imine (C=N–C) groups is 1. The lowest BCUT2D eigenvalue weighted by molar-refractivity contribution is -0.129. The van der Waals surface area contributed by atoms with Crippen molar-refractivity contribution in [2.45, 2.75) is 33.3 Å². The van der Waals surface area contributed by atoms with Gasteiger partial charge in [-0.15, -0.1) is 0 Å². The normalized spacial score (nSPS) is 14.3. The predicted molar refractivity (Wildman–Crippen MR) is 135 cm³/mol. The number of carbonyl (C=O) groups excluding carboxylic acids is 1. The lowest BCUT2D eigenvalue weighted by Crippen LogP contribution is -2.05. The molecule has 3 aromatic rings. The molecule has 3 aromatic carbocycles. The van der Waals surface area contributed by atoms with Gasteiger partial charge in [0.15, 0.2) is 17.2 Å². The molecule has 0 bridgehead atoms. The van der Waals surface area contributed by atoms with Gasteiger partial charge in [0.05, 0.1) is 6.61 Å². The van der Waals surface area contributed by atoms with Gasteiger partial charge in [0.1, 0.15) is 6.61 Å². The van der Waals surface area contributed by atoms with Gasteiger partial charge in [-0.05, 0) is 72.0 Å². The van der Waals surface area contributed by atoms with Crippen molar-refractivity contribution < 1.29 is 19.0 Å². The topological polar surface area (TPSA) is 57.1 Å². The van der Waals surface area contributed by atoms with Gasteiger partial charge < -0.3 is 14.2 Å². The first-order valence-electron chi connectivity index (χ1n) is 11.2. The van der Waals surface area contributed by atoms with Gasteiger partial charge in [0.2, 0.25) is 5.90 Å². The minimum atomic E-state index is -0.482. The molecule has 0 saturated carbocycles. The summed E-state index contributed by atoms with van der Waals surface area (Å²) in [5, 5.41) is 0.681. The highest BCUT2D eigenvalue weighted by Crippen LogP contribution is 2.31. The molecule has 0 aliphatic carbocycles. The van der Waals surface area contributed by atoms with Crippen molar-refractivity contribution in [3.8, 4) is 11.5 Å². The van der Waals surface area contributed by atoms with Crippen molar-refractivity contribution >= 4 is 29.5 Å². The molecule has 6 heteroatoms. The average molecular weight is 476 g/mol. The number of halogens is 1. The lowest BCUT2D eigenvalue weighted by Gasteiger charge is -2.13. The maximum atomic E-state index is 12.4. The zero-order valence-electron chi connectivity index (χ0n) is 19.4. The highest BCUT2D eigenvalue weighted by molar-refractivity contribution is 6.30. The Balaban J connectivity index is 1.53. The van der Waals surface area contributed by atoms with Crippen LogP contribution in [0.1, 0.15) is 48.9 Å². The summed E-state index contributed by atoms with van der Waals surface area (Å²) in [5.74, 6) is 1.45. The quantitative estimate of drug-likeness (QED) is 0.266. The summed E-state index contributed by atoms with van der Waals surface area (Å²) in [6.45, 7) is 7.03. The number of esters is 1. The number of carbonyl (C=O) groups is 1. The molecule has 0 atom stereocenters. The lowest BCUT2D eigenvalue weighted by atomic mass is 10.0.